The molecule has 0 aromatic heterocycles. The Bertz CT molecular complexity index is 927. The van der Waals surface area contributed by atoms with Gasteiger partial charge in [-0.05, 0) is 67.1 Å². The van der Waals surface area contributed by atoms with Gasteiger partial charge in [-0.2, -0.15) is 0 Å². The van der Waals surface area contributed by atoms with E-state index in [9.17, 15) is 17.6 Å². The Balaban J connectivity index is 1.48. The highest BCUT2D eigenvalue weighted by atomic mass is 32.2. The van der Waals surface area contributed by atoms with Crippen LogP contribution in [0.25, 0.3) is 0 Å². The second-order valence-electron chi connectivity index (χ2n) is 6.81. The van der Waals surface area contributed by atoms with Gasteiger partial charge >= 0.3 is 0 Å². The van der Waals surface area contributed by atoms with Gasteiger partial charge in [-0.15, -0.1) is 0 Å². The number of aryl methyl sites for hydroxylation is 1. The number of rotatable bonds is 7. The van der Waals surface area contributed by atoms with Crippen molar-refractivity contribution in [1.29, 1.82) is 0 Å². The van der Waals surface area contributed by atoms with E-state index in [1.807, 2.05) is 6.07 Å². The number of amides is 1. The van der Waals surface area contributed by atoms with Crippen LogP contribution in [0.1, 0.15) is 30.4 Å². The molecule has 5 nitrogen and oxygen atoms in total. The molecule has 0 atom stereocenters. The molecule has 144 valence electrons. The molecule has 2 aromatic rings. The number of hydrogen-bond donors (Lipinski definition) is 1. The predicted molar refractivity (Wildman–Crippen MR) is 105 cm³/mol. The molecule has 1 heterocycles. The summed E-state index contributed by atoms with van der Waals surface area (Å²) in [6, 6.07) is 11.7. The van der Waals surface area contributed by atoms with E-state index in [2.05, 4.69) is 5.32 Å². The number of benzene rings is 2. The molecule has 7 heteroatoms. The average Bonchev–Trinajstić information content (AvgIpc) is 3.04. The molecule has 0 fully saturated rings. The van der Waals surface area contributed by atoms with Gasteiger partial charge in [0.2, 0.25) is 15.9 Å². The summed E-state index contributed by atoms with van der Waals surface area (Å²) in [5.74, 6) is -0.306. The first kappa shape index (κ1) is 19.4. The van der Waals surface area contributed by atoms with Crippen LogP contribution < -0.4 is 9.62 Å². The summed E-state index contributed by atoms with van der Waals surface area (Å²) >= 11 is 0. The number of fused-ring (bicyclic) bond motifs is 1. The van der Waals surface area contributed by atoms with Crippen LogP contribution in [0.3, 0.4) is 0 Å². The fourth-order valence-corrected chi connectivity index (χ4v) is 4.24. The molecular weight excluding hydrogens is 367 g/mol. The lowest BCUT2D eigenvalue weighted by Gasteiger charge is -2.16. The molecule has 1 amide bonds. The highest BCUT2D eigenvalue weighted by molar-refractivity contribution is 7.92. The molecule has 0 saturated heterocycles. The van der Waals surface area contributed by atoms with Crippen LogP contribution in [0, 0.1) is 5.82 Å². The fourth-order valence-electron chi connectivity index (χ4n) is 3.28. The summed E-state index contributed by atoms with van der Waals surface area (Å²) in [6.45, 7) is 0.439. The van der Waals surface area contributed by atoms with Gasteiger partial charge in [0.1, 0.15) is 5.82 Å². The van der Waals surface area contributed by atoms with E-state index >= 15 is 0 Å². The molecule has 1 N–H and O–H groups in total. The maximum Gasteiger partial charge on any atom is 0.232 e. The van der Waals surface area contributed by atoms with Crippen LogP contribution in [0.5, 0.6) is 0 Å². The summed E-state index contributed by atoms with van der Waals surface area (Å²) in [5.41, 5.74) is 3.36. The minimum absolute atomic E-state index is 0.0629. The number of hydrogen-bond acceptors (Lipinski definition) is 3. The molecule has 27 heavy (non-hydrogen) atoms. The van der Waals surface area contributed by atoms with Crippen molar-refractivity contribution in [3.05, 3.63) is 59.4 Å². The quantitative estimate of drug-likeness (QED) is 0.736. The minimum atomic E-state index is -3.27. The topological polar surface area (TPSA) is 66.5 Å². The van der Waals surface area contributed by atoms with Crippen LogP contribution in [0.4, 0.5) is 15.8 Å². The number of sulfonamides is 1. The predicted octanol–water partition coefficient (Wildman–Crippen LogP) is 3.50. The Morgan fingerprint density at radius 2 is 1.89 bits per heavy atom. The zero-order chi connectivity index (χ0) is 19.4. The Morgan fingerprint density at radius 3 is 2.59 bits per heavy atom. The van der Waals surface area contributed by atoms with Gasteiger partial charge in [0.05, 0.1) is 11.9 Å². The zero-order valence-electron chi connectivity index (χ0n) is 15.2. The van der Waals surface area contributed by atoms with Gasteiger partial charge in [-0.25, -0.2) is 12.8 Å². The normalized spacial score (nSPS) is 13.5. The first-order valence-electron chi connectivity index (χ1n) is 8.98. The molecule has 2 aromatic carbocycles. The Hall–Kier alpha value is -2.41. The van der Waals surface area contributed by atoms with Gasteiger partial charge in [0, 0.05) is 18.7 Å². The van der Waals surface area contributed by atoms with Crippen LogP contribution >= 0.6 is 0 Å². The van der Waals surface area contributed by atoms with E-state index in [-0.39, 0.29) is 11.7 Å². The van der Waals surface area contributed by atoms with Crippen molar-refractivity contribution < 1.29 is 17.6 Å². The summed E-state index contributed by atoms with van der Waals surface area (Å²) in [6.07, 6.45) is 4.66. The molecule has 1 aliphatic heterocycles. The molecule has 0 spiro atoms. The number of anilines is 2. The molecule has 3 rings (SSSR count). The number of nitrogens with one attached hydrogen (secondary N) is 1. The lowest BCUT2D eigenvalue weighted by molar-refractivity contribution is -0.116. The highest BCUT2D eigenvalue weighted by Gasteiger charge is 2.26. The Kier molecular flexibility index (Phi) is 5.79. The van der Waals surface area contributed by atoms with Crippen molar-refractivity contribution in [1.82, 2.24) is 0 Å². The largest absolute Gasteiger partial charge is 0.326 e. The Morgan fingerprint density at radius 1 is 1.15 bits per heavy atom. The summed E-state index contributed by atoms with van der Waals surface area (Å²) in [5, 5.41) is 2.87. The summed E-state index contributed by atoms with van der Waals surface area (Å²) < 4.78 is 37.8. The SMILES string of the molecule is CS(=O)(=O)N1CCc2cc(NC(=O)CCCCc3ccc(F)cc3)ccc21. The number of carbonyl (C=O) groups is 1. The molecule has 0 saturated carbocycles. The second-order valence-corrected chi connectivity index (χ2v) is 8.72. The number of nitrogens with zero attached hydrogens (tertiary/aromatic N) is 1. The van der Waals surface area contributed by atoms with Crippen molar-refractivity contribution in [2.75, 3.05) is 22.4 Å². The van der Waals surface area contributed by atoms with Crippen LogP contribution in [-0.4, -0.2) is 27.1 Å². The highest BCUT2D eigenvalue weighted by Crippen LogP contribution is 2.32. The first-order valence-corrected chi connectivity index (χ1v) is 10.8. The van der Waals surface area contributed by atoms with E-state index in [0.717, 1.165) is 30.4 Å². The van der Waals surface area contributed by atoms with Gasteiger partial charge in [-0.3, -0.25) is 9.10 Å². The average molecular weight is 390 g/mol. The lowest BCUT2D eigenvalue weighted by atomic mass is 10.1. The lowest BCUT2D eigenvalue weighted by Crippen LogP contribution is -2.27. The van der Waals surface area contributed by atoms with Gasteiger partial charge in [0.15, 0.2) is 0 Å². The maximum absolute atomic E-state index is 12.9. The van der Waals surface area contributed by atoms with Crippen LogP contribution in [0.2, 0.25) is 0 Å². The van der Waals surface area contributed by atoms with E-state index in [4.69, 9.17) is 0 Å². The van der Waals surface area contributed by atoms with Crippen LogP contribution in [0.15, 0.2) is 42.5 Å². The van der Waals surface area contributed by atoms with Crippen molar-refractivity contribution in [3.63, 3.8) is 0 Å². The van der Waals surface area contributed by atoms with Crippen LogP contribution in [-0.2, 0) is 27.7 Å². The molecule has 0 unspecified atom stereocenters. The first-order chi connectivity index (χ1) is 12.8. The Labute approximate surface area is 159 Å². The van der Waals surface area contributed by atoms with Crippen molar-refractivity contribution in [3.8, 4) is 0 Å². The molecular formula is C20H23FN2O3S. The fraction of sp³-hybridized carbons (Fsp3) is 0.350. The van der Waals surface area contributed by atoms with Crippen molar-refractivity contribution >= 4 is 27.3 Å². The van der Waals surface area contributed by atoms with E-state index in [0.29, 0.717) is 30.8 Å². The van der Waals surface area contributed by atoms with Gasteiger partial charge in [0.25, 0.3) is 0 Å². The number of unbranched alkanes of at least 4 members (excludes halogenated alkanes) is 1. The molecule has 0 aliphatic carbocycles. The van der Waals surface area contributed by atoms with E-state index < -0.39 is 10.0 Å². The zero-order valence-corrected chi connectivity index (χ0v) is 16.1. The molecule has 0 radical (unpaired) electrons. The molecule has 1 aliphatic rings. The third-order valence-electron chi connectivity index (χ3n) is 4.65. The number of carbonyl (C=O) groups excluding carboxylic acids is 1. The standard InChI is InChI=1S/C20H23FN2O3S/c1-27(25,26)23-13-12-16-14-18(10-11-19(16)23)22-20(24)5-3-2-4-15-6-8-17(21)9-7-15/h6-11,14H,2-5,12-13H2,1H3,(H,22,24). The third kappa shape index (κ3) is 5.07. The second kappa shape index (κ2) is 8.08. The minimum Gasteiger partial charge on any atom is -0.326 e. The summed E-state index contributed by atoms with van der Waals surface area (Å²) in [7, 11) is -3.27. The number of halogens is 1. The summed E-state index contributed by atoms with van der Waals surface area (Å²) in [4.78, 5) is 12.1. The van der Waals surface area contributed by atoms with Gasteiger partial charge < -0.3 is 5.32 Å². The third-order valence-corrected chi connectivity index (χ3v) is 5.83. The van der Waals surface area contributed by atoms with E-state index in [1.165, 1.54) is 22.7 Å². The van der Waals surface area contributed by atoms with E-state index in [1.54, 1.807) is 24.3 Å². The maximum atomic E-state index is 12.9. The van der Waals surface area contributed by atoms with Crippen molar-refractivity contribution in [2.24, 2.45) is 0 Å². The van der Waals surface area contributed by atoms with Crippen molar-refractivity contribution in [2.45, 2.75) is 32.1 Å². The molecule has 0 bridgehead atoms. The van der Waals surface area contributed by atoms with Gasteiger partial charge in [-0.1, -0.05) is 12.1 Å². The monoisotopic (exact) mass is 390 g/mol. The smallest absolute Gasteiger partial charge is 0.232 e.